The molecule has 0 amide bonds. The van der Waals surface area contributed by atoms with E-state index < -0.39 is 42.0 Å². The van der Waals surface area contributed by atoms with Crippen LogP contribution < -0.4 is 4.74 Å². The Morgan fingerprint density at radius 1 is 0.773 bits per heavy atom. The fraction of sp³-hybridized carbons (Fsp3) is 0.455. The molecule has 0 saturated carbocycles. The van der Waals surface area contributed by atoms with Crippen molar-refractivity contribution >= 4 is 0 Å². The third kappa shape index (κ3) is 3.76. The number of alkyl halides is 9. The Morgan fingerprint density at radius 2 is 1.18 bits per heavy atom. The van der Waals surface area contributed by atoms with Crippen LogP contribution in [0.2, 0.25) is 0 Å². The molecule has 0 radical (unpaired) electrons. The first kappa shape index (κ1) is 18.4. The van der Waals surface area contributed by atoms with Gasteiger partial charge in [-0.25, -0.2) is 0 Å². The van der Waals surface area contributed by atoms with Crippen LogP contribution in [0.25, 0.3) is 0 Å². The van der Waals surface area contributed by atoms with E-state index in [1.807, 2.05) is 0 Å². The standard InChI is InChI=1S/C11H7F9O2/c12-9(13,14)6-1-3-7(4-2-6)22-5-8(21,10(15,16)17)11(18,19)20/h1-4,21H,5H2. The minimum absolute atomic E-state index is 0.412. The van der Waals surface area contributed by atoms with Gasteiger partial charge >= 0.3 is 18.5 Å². The third-order valence-corrected chi connectivity index (χ3v) is 2.57. The highest BCUT2D eigenvalue weighted by atomic mass is 19.4. The van der Waals surface area contributed by atoms with Gasteiger partial charge in [0.2, 0.25) is 0 Å². The van der Waals surface area contributed by atoms with Gasteiger partial charge in [0.15, 0.2) is 0 Å². The van der Waals surface area contributed by atoms with Crippen LogP contribution in [0.4, 0.5) is 39.5 Å². The average molecular weight is 342 g/mol. The number of aliphatic hydroxyl groups is 1. The summed E-state index contributed by atoms with van der Waals surface area (Å²) in [4.78, 5) is 0. The molecule has 0 bridgehead atoms. The molecule has 0 saturated heterocycles. The van der Waals surface area contributed by atoms with Gasteiger partial charge in [0.05, 0.1) is 5.56 Å². The Morgan fingerprint density at radius 3 is 1.50 bits per heavy atom. The van der Waals surface area contributed by atoms with Crippen molar-refractivity contribution in [1.82, 2.24) is 0 Å². The van der Waals surface area contributed by atoms with E-state index >= 15 is 0 Å². The number of benzene rings is 1. The maximum absolute atomic E-state index is 12.3. The van der Waals surface area contributed by atoms with Crippen molar-refractivity contribution in [2.24, 2.45) is 0 Å². The minimum atomic E-state index is -6.07. The molecular formula is C11H7F9O2. The average Bonchev–Trinajstić information content (AvgIpc) is 2.32. The molecular weight excluding hydrogens is 335 g/mol. The topological polar surface area (TPSA) is 29.5 Å². The molecule has 0 spiro atoms. The quantitative estimate of drug-likeness (QED) is 0.844. The van der Waals surface area contributed by atoms with Crippen molar-refractivity contribution in [2.45, 2.75) is 24.1 Å². The van der Waals surface area contributed by atoms with Gasteiger partial charge in [-0.2, -0.15) is 39.5 Å². The van der Waals surface area contributed by atoms with E-state index in [-0.39, 0.29) is 0 Å². The molecule has 1 aromatic rings. The van der Waals surface area contributed by atoms with Crippen LogP contribution in [0.3, 0.4) is 0 Å². The molecule has 0 heterocycles. The molecule has 0 aliphatic heterocycles. The zero-order valence-corrected chi connectivity index (χ0v) is 10.3. The molecule has 1 N–H and O–H groups in total. The molecule has 1 aromatic carbocycles. The minimum Gasteiger partial charge on any atom is -0.490 e. The lowest BCUT2D eigenvalue weighted by Gasteiger charge is -2.31. The van der Waals surface area contributed by atoms with Gasteiger partial charge in [0.1, 0.15) is 12.4 Å². The summed E-state index contributed by atoms with van der Waals surface area (Å²) in [6.45, 7) is -2.24. The smallest absolute Gasteiger partial charge is 0.429 e. The maximum atomic E-state index is 12.3. The number of rotatable bonds is 3. The summed E-state index contributed by atoms with van der Waals surface area (Å²) >= 11 is 0. The molecule has 0 unspecified atom stereocenters. The Balaban J connectivity index is 2.92. The first-order valence-corrected chi connectivity index (χ1v) is 5.34. The second kappa shape index (κ2) is 5.52. The van der Waals surface area contributed by atoms with Crippen LogP contribution in [-0.4, -0.2) is 29.7 Å². The summed E-state index contributed by atoms with van der Waals surface area (Å²) in [6, 6.07) is 1.90. The highest BCUT2D eigenvalue weighted by Crippen LogP contribution is 2.43. The number of hydrogen-bond acceptors (Lipinski definition) is 2. The number of ether oxygens (including phenoxy) is 1. The van der Waals surface area contributed by atoms with Crippen molar-refractivity contribution in [3.05, 3.63) is 29.8 Å². The summed E-state index contributed by atoms with van der Waals surface area (Å²) < 4.78 is 115. The van der Waals surface area contributed by atoms with Crippen molar-refractivity contribution in [3.8, 4) is 5.75 Å². The van der Waals surface area contributed by atoms with Gasteiger partial charge < -0.3 is 9.84 Å². The molecule has 0 fully saturated rings. The Kier molecular flexibility index (Phi) is 4.62. The van der Waals surface area contributed by atoms with Crippen molar-refractivity contribution in [1.29, 1.82) is 0 Å². The van der Waals surface area contributed by atoms with Gasteiger partial charge in [-0.05, 0) is 24.3 Å². The van der Waals surface area contributed by atoms with Crippen LogP contribution in [0.5, 0.6) is 5.75 Å². The zero-order chi connectivity index (χ0) is 17.4. The lowest BCUT2D eigenvalue weighted by Crippen LogP contribution is -2.60. The van der Waals surface area contributed by atoms with E-state index in [0.717, 1.165) is 0 Å². The van der Waals surface area contributed by atoms with E-state index in [2.05, 4.69) is 4.74 Å². The molecule has 0 aromatic heterocycles. The Hall–Kier alpha value is -1.65. The predicted octanol–water partition coefficient (Wildman–Crippen LogP) is 3.94. The van der Waals surface area contributed by atoms with E-state index in [4.69, 9.17) is 5.11 Å². The fourth-order valence-corrected chi connectivity index (χ4v) is 1.25. The molecule has 11 heteroatoms. The van der Waals surface area contributed by atoms with Crippen molar-refractivity contribution < 1.29 is 49.4 Å². The molecule has 22 heavy (non-hydrogen) atoms. The molecule has 0 atom stereocenters. The lowest BCUT2D eigenvalue weighted by atomic mass is 10.0. The van der Waals surface area contributed by atoms with Crippen molar-refractivity contribution in [2.75, 3.05) is 6.61 Å². The molecule has 126 valence electrons. The zero-order valence-electron chi connectivity index (χ0n) is 10.3. The van der Waals surface area contributed by atoms with Crippen LogP contribution in [0.1, 0.15) is 5.56 Å². The second-order valence-corrected chi connectivity index (χ2v) is 4.17. The highest BCUT2D eigenvalue weighted by Gasteiger charge is 2.71. The summed E-state index contributed by atoms with van der Waals surface area (Å²) in [5.41, 5.74) is -6.30. The molecule has 0 aliphatic rings. The van der Waals surface area contributed by atoms with E-state index in [9.17, 15) is 39.5 Å². The maximum Gasteiger partial charge on any atom is 0.429 e. The van der Waals surface area contributed by atoms with Gasteiger partial charge in [0.25, 0.3) is 5.60 Å². The van der Waals surface area contributed by atoms with Gasteiger partial charge in [-0.15, -0.1) is 0 Å². The summed E-state index contributed by atoms with van der Waals surface area (Å²) in [6.07, 6.45) is -16.9. The van der Waals surface area contributed by atoms with Crippen LogP contribution >= 0.6 is 0 Å². The molecule has 1 rings (SSSR count). The molecule has 2 nitrogen and oxygen atoms in total. The first-order chi connectivity index (χ1) is 9.68. The monoisotopic (exact) mass is 342 g/mol. The van der Waals surface area contributed by atoms with Gasteiger partial charge in [-0.1, -0.05) is 0 Å². The summed E-state index contributed by atoms with van der Waals surface area (Å²) in [7, 11) is 0. The van der Waals surface area contributed by atoms with Gasteiger partial charge in [-0.3, -0.25) is 0 Å². The Bertz CT molecular complexity index is 484. The lowest BCUT2D eigenvalue weighted by molar-refractivity contribution is -0.373. The predicted molar refractivity (Wildman–Crippen MR) is 54.0 cm³/mol. The van der Waals surface area contributed by atoms with Gasteiger partial charge in [0, 0.05) is 0 Å². The highest BCUT2D eigenvalue weighted by molar-refractivity contribution is 5.29. The van der Waals surface area contributed by atoms with E-state index in [1.54, 1.807) is 0 Å². The molecule has 0 aliphatic carbocycles. The largest absolute Gasteiger partial charge is 0.490 e. The van der Waals surface area contributed by atoms with Crippen molar-refractivity contribution in [3.63, 3.8) is 0 Å². The summed E-state index contributed by atoms with van der Waals surface area (Å²) in [5, 5.41) is 8.77. The van der Waals surface area contributed by atoms with E-state index in [0.29, 0.717) is 24.3 Å². The number of halogens is 9. The number of hydrogen-bond donors (Lipinski definition) is 1. The van der Waals surface area contributed by atoms with E-state index in [1.165, 1.54) is 0 Å². The normalized spacial score (nSPS) is 14.1. The van der Waals surface area contributed by atoms with Crippen LogP contribution in [0, 0.1) is 0 Å². The first-order valence-electron chi connectivity index (χ1n) is 5.34. The third-order valence-electron chi connectivity index (χ3n) is 2.57. The van der Waals surface area contributed by atoms with Crippen LogP contribution in [0.15, 0.2) is 24.3 Å². The SMILES string of the molecule is OC(COc1ccc(C(F)(F)F)cc1)(C(F)(F)F)C(F)(F)F. The fourth-order valence-electron chi connectivity index (χ4n) is 1.25. The summed E-state index contributed by atoms with van der Waals surface area (Å²) in [5.74, 6) is -0.695. The van der Waals surface area contributed by atoms with Crippen LogP contribution in [-0.2, 0) is 6.18 Å². The Labute approximate surface area is 117 Å². The second-order valence-electron chi connectivity index (χ2n) is 4.17.